The van der Waals surface area contributed by atoms with Gasteiger partial charge in [-0.25, -0.2) is 13.8 Å². The van der Waals surface area contributed by atoms with E-state index in [0.717, 1.165) is 18.3 Å². The van der Waals surface area contributed by atoms with Gasteiger partial charge in [-0.05, 0) is 12.1 Å². The monoisotopic (exact) mass is 489 g/mol. The SMILES string of the molecule is CN=C(C(=CN)NC(=O)c1nc(-c2c(F)cccc2F)sc1N)N1CCN[C@@H](C(F)(F)F)C1. The Balaban J connectivity index is 1.82. The van der Waals surface area contributed by atoms with E-state index < -0.39 is 41.9 Å². The van der Waals surface area contributed by atoms with Crippen LogP contribution in [0.5, 0.6) is 0 Å². The molecular weight excluding hydrogens is 469 g/mol. The molecule has 1 aromatic heterocycles. The molecule has 6 N–H and O–H groups in total. The summed E-state index contributed by atoms with van der Waals surface area (Å²) in [6, 6.07) is 1.47. The van der Waals surface area contributed by atoms with Crippen LogP contribution in [0, 0.1) is 11.6 Å². The number of nitrogen functional groups attached to an aromatic ring is 1. The maximum atomic E-state index is 14.1. The van der Waals surface area contributed by atoms with E-state index in [2.05, 4.69) is 20.6 Å². The first-order chi connectivity index (χ1) is 15.6. The summed E-state index contributed by atoms with van der Waals surface area (Å²) in [7, 11) is 1.34. The van der Waals surface area contributed by atoms with E-state index in [0.29, 0.717) is 11.3 Å². The number of amides is 1. The zero-order chi connectivity index (χ0) is 24.3. The van der Waals surface area contributed by atoms with Crippen LogP contribution in [0.4, 0.5) is 27.0 Å². The molecule has 1 saturated heterocycles. The van der Waals surface area contributed by atoms with Gasteiger partial charge in [0.1, 0.15) is 33.5 Å². The van der Waals surface area contributed by atoms with Crippen molar-refractivity contribution >= 4 is 28.1 Å². The Morgan fingerprint density at radius 1 is 1.36 bits per heavy atom. The van der Waals surface area contributed by atoms with E-state index >= 15 is 0 Å². The molecule has 0 saturated carbocycles. The molecule has 33 heavy (non-hydrogen) atoms. The Morgan fingerprint density at radius 3 is 2.61 bits per heavy atom. The minimum absolute atomic E-state index is 0.0239. The fourth-order valence-electron chi connectivity index (χ4n) is 3.25. The number of nitrogens with zero attached hydrogens (tertiary/aromatic N) is 3. The lowest BCUT2D eigenvalue weighted by atomic mass is 10.2. The number of hydrogen-bond acceptors (Lipinski definition) is 7. The van der Waals surface area contributed by atoms with Crippen LogP contribution in [0.25, 0.3) is 10.6 Å². The molecule has 2 heterocycles. The minimum atomic E-state index is -4.47. The lowest BCUT2D eigenvalue weighted by molar-refractivity contribution is -0.161. The highest BCUT2D eigenvalue weighted by atomic mass is 32.1. The first-order valence-corrected chi connectivity index (χ1v) is 10.3. The van der Waals surface area contributed by atoms with Gasteiger partial charge >= 0.3 is 6.18 Å². The molecule has 1 aliphatic rings. The molecule has 2 aromatic rings. The van der Waals surface area contributed by atoms with Crippen LogP contribution in [-0.2, 0) is 0 Å². The molecule has 0 spiro atoms. The van der Waals surface area contributed by atoms with E-state index in [-0.39, 0.29) is 40.3 Å². The largest absolute Gasteiger partial charge is 0.405 e. The van der Waals surface area contributed by atoms with Gasteiger partial charge < -0.3 is 27.0 Å². The second-order valence-electron chi connectivity index (χ2n) is 6.90. The molecule has 0 bridgehead atoms. The van der Waals surface area contributed by atoms with Gasteiger partial charge in [-0.1, -0.05) is 17.4 Å². The predicted molar refractivity (Wildman–Crippen MR) is 114 cm³/mol. The first kappa shape index (κ1) is 24.4. The van der Waals surface area contributed by atoms with Crippen LogP contribution in [0.3, 0.4) is 0 Å². The number of rotatable bonds is 4. The third-order valence-electron chi connectivity index (χ3n) is 4.78. The van der Waals surface area contributed by atoms with Gasteiger partial charge in [0.05, 0.1) is 11.3 Å². The third-order valence-corrected chi connectivity index (χ3v) is 5.68. The highest BCUT2D eigenvalue weighted by molar-refractivity contribution is 7.19. The van der Waals surface area contributed by atoms with E-state index in [9.17, 15) is 26.7 Å². The van der Waals surface area contributed by atoms with Crippen LogP contribution >= 0.6 is 11.3 Å². The summed E-state index contributed by atoms with van der Waals surface area (Å²) in [5, 5.41) is 4.54. The number of carbonyl (C=O) groups is 1. The number of amidine groups is 1. The third kappa shape index (κ3) is 5.22. The Labute approximate surface area is 189 Å². The van der Waals surface area contributed by atoms with Crippen molar-refractivity contribution in [3.63, 3.8) is 0 Å². The molecular formula is C19H20F5N7OS. The van der Waals surface area contributed by atoms with Gasteiger partial charge in [-0.2, -0.15) is 13.2 Å². The Bertz CT molecular complexity index is 1080. The fraction of sp³-hybridized carbons (Fsp3) is 0.316. The van der Waals surface area contributed by atoms with Gasteiger partial charge in [-0.15, -0.1) is 0 Å². The van der Waals surface area contributed by atoms with Gasteiger partial charge in [0.2, 0.25) is 0 Å². The first-order valence-electron chi connectivity index (χ1n) is 9.53. The number of anilines is 1. The highest BCUT2D eigenvalue weighted by Crippen LogP contribution is 2.33. The highest BCUT2D eigenvalue weighted by Gasteiger charge is 2.42. The summed E-state index contributed by atoms with van der Waals surface area (Å²) in [5.41, 5.74) is 10.6. The molecule has 0 radical (unpaired) electrons. The Hall–Kier alpha value is -3.26. The maximum absolute atomic E-state index is 14.1. The van der Waals surface area contributed by atoms with Gasteiger partial charge in [0.15, 0.2) is 5.69 Å². The van der Waals surface area contributed by atoms with Crippen molar-refractivity contribution in [1.82, 2.24) is 20.5 Å². The summed E-state index contributed by atoms with van der Waals surface area (Å²) in [6.07, 6.45) is -3.49. The van der Waals surface area contributed by atoms with Gasteiger partial charge in [0, 0.05) is 32.9 Å². The summed E-state index contributed by atoms with van der Waals surface area (Å²) in [6.45, 7) is -0.230. The number of nitrogens with one attached hydrogen (secondary N) is 2. The van der Waals surface area contributed by atoms with Crippen LogP contribution < -0.4 is 22.1 Å². The number of carbonyl (C=O) groups excluding carboxylic acids is 1. The Morgan fingerprint density at radius 2 is 2.03 bits per heavy atom. The van der Waals surface area contributed by atoms with E-state index in [1.165, 1.54) is 18.0 Å². The maximum Gasteiger partial charge on any atom is 0.405 e. The zero-order valence-corrected chi connectivity index (χ0v) is 18.0. The zero-order valence-electron chi connectivity index (χ0n) is 17.2. The van der Waals surface area contributed by atoms with Crippen LogP contribution in [0.2, 0.25) is 0 Å². The fourth-order valence-corrected chi connectivity index (χ4v) is 4.13. The van der Waals surface area contributed by atoms with Crippen LogP contribution in [0.15, 0.2) is 35.1 Å². The molecule has 1 amide bonds. The van der Waals surface area contributed by atoms with E-state index in [1.807, 2.05) is 0 Å². The van der Waals surface area contributed by atoms with Crippen molar-refractivity contribution in [2.75, 3.05) is 32.4 Å². The van der Waals surface area contributed by atoms with Crippen molar-refractivity contribution < 1.29 is 26.7 Å². The summed E-state index contributed by atoms with van der Waals surface area (Å²) in [5.74, 6) is -2.60. The summed E-state index contributed by atoms with van der Waals surface area (Å²) in [4.78, 5) is 22.0. The summed E-state index contributed by atoms with van der Waals surface area (Å²) < 4.78 is 67.5. The number of alkyl halides is 3. The molecule has 3 rings (SSSR count). The number of aliphatic imine (C=N–C) groups is 1. The lowest BCUT2D eigenvalue weighted by Gasteiger charge is -2.36. The van der Waals surface area contributed by atoms with Gasteiger partial charge in [-0.3, -0.25) is 9.79 Å². The number of nitrogens with two attached hydrogens (primary N) is 2. The molecule has 1 atom stereocenters. The van der Waals surface area contributed by atoms with Crippen molar-refractivity contribution in [3.05, 3.63) is 47.4 Å². The van der Waals surface area contributed by atoms with Crippen molar-refractivity contribution in [3.8, 4) is 10.6 Å². The number of hydrogen-bond donors (Lipinski definition) is 4. The van der Waals surface area contributed by atoms with Crippen LogP contribution in [0.1, 0.15) is 10.5 Å². The van der Waals surface area contributed by atoms with Gasteiger partial charge in [0.25, 0.3) is 5.91 Å². The quantitative estimate of drug-likeness (QED) is 0.296. The molecule has 8 nitrogen and oxygen atoms in total. The summed E-state index contributed by atoms with van der Waals surface area (Å²) >= 11 is 0.705. The average Bonchev–Trinajstić information content (AvgIpc) is 3.14. The van der Waals surface area contributed by atoms with E-state index in [1.54, 1.807) is 0 Å². The number of halogens is 5. The molecule has 1 fully saturated rings. The average molecular weight is 489 g/mol. The smallest absolute Gasteiger partial charge is 0.403 e. The van der Waals surface area contributed by atoms with Crippen LogP contribution in [-0.4, -0.2) is 60.5 Å². The second-order valence-corrected chi connectivity index (χ2v) is 7.94. The van der Waals surface area contributed by atoms with Crippen molar-refractivity contribution in [1.29, 1.82) is 0 Å². The molecule has 1 aromatic carbocycles. The molecule has 178 valence electrons. The predicted octanol–water partition coefficient (Wildman–Crippen LogP) is 2.06. The van der Waals surface area contributed by atoms with Crippen molar-refractivity contribution in [2.24, 2.45) is 10.7 Å². The second kappa shape index (κ2) is 9.70. The van der Waals surface area contributed by atoms with Crippen molar-refractivity contribution in [2.45, 2.75) is 12.2 Å². The molecule has 0 aliphatic carbocycles. The molecule has 1 aliphatic heterocycles. The lowest BCUT2D eigenvalue weighted by Crippen LogP contribution is -2.59. The normalized spacial score (nSPS) is 17.9. The molecule has 14 heteroatoms. The van der Waals surface area contributed by atoms with E-state index in [4.69, 9.17) is 11.5 Å². The topological polar surface area (TPSA) is 122 Å². The number of aromatic nitrogens is 1. The standard InChI is InChI=1S/C19H20F5N7OS/c1-27-16(31-6-5-28-12(8-31)19(22,23)24)11(7-25)29-17(32)14-15(26)33-18(30-14)13-9(20)3-2-4-10(13)21/h2-4,7,12,28H,5-6,8,25-26H2,1H3,(H,29,32)/t12-/m1/s1. The molecule has 0 unspecified atom stereocenters. The number of benzene rings is 1. The number of piperazine rings is 1. The Kier molecular flexibility index (Phi) is 7.17. The number of thiazole rings is 1. The minimum Gasteiger partial charge on any atom is -0.403 e.